The van der Waals surface area contributed by atoms with Gasteiger partial charge in [-0.3, -0.25) is 9.59 Å². The number of esters is 1. The van der Waals surface area contributed by atoms with Gasteiger partial charge in [0.1, 0.15) is 11.9 Å². The van der Waals surface area contributed by atoms with E-state index in [4.69, 9.17) is 16.3 Å². The number of hydrogen-bond acceptors (Lipinski definition) is 4. The van der Waals surface area contributed by atoms with E-state index in [1.165, 1.54) is 24.3 Å². The Hall–Kier alpha value is -2.93. The van der Waals surface area contributed by atoms with E-state index < -0.39 is 36.2 Å². The average Bonchev–Trinajstić information content (AvgIpc) is 2.66. The fourth-order valence-electron chi connectivity index (χ4n) is 2.34. The van der Waals surface area contributed by atoms with Crippen molar-refractivity contribution in [2.24, 2.45) is 5.92 Å². The molecule has 148 valence electrons. The van der Waals surface area contributed by atoms with Crippen molar-refractivity contribution in [3.8, 4) is 0 Å². The molecule has 0 saturated carbocycles. The van der Waals surface area contributed by atoms with Crippen molar-refractivity contribution in [3.63, 3.8) is 0 Å². The van der Waals surface area contributed by atoms with Crippen molar-refractivity contribution in [1.82, 2.24) is 5.32 Å². The van der Waals surface area contributed by atoms with Crippen LogP contribution in [0, 0.1) is 11.7 Å². The number of ether oxygens (including phenoxy) is 1. The normalized spacial score (nSPS) is 11.6. The van der Waals surface area contributed by atoms with E-state index in [0.29, 0.717) is 0 Å². The first-order valence-electron chi connectivity index (χ1n) is 8.56. The van der Waals surface area contributed by atoms with Gasteiger partial charge in [-0.2, -0.15) is 0 Å². The second kappa shape index (κ2) is 9.85. The Kier molecular flexibility index (Phi) is 7.52. The fraction of sp³-hybridized carbons (Fsp3) is 0.250. The molecular formula is C20H20ClFN2O4. The summed E-state index contributed by atoms with van der Waals surface area (Å²) in [6, 6.07) is 11.1. The van der Waals surface area contributed by atoms with Crippen LogP contribution >= 0.6 is 11.6 Å². The maximum absolute atomic E-state index is 13.5. The molecule has 2 rings (SSSR count). The number of amides is 2. The molecule has 0 aliphatic heterocycles. The SMILES string of the molecule is CC(C)[C@H](NC(=O)c1ccccc1Cl)C(=O)OCC(=O)Nc1ccccc1F. The molecule has 8 heteroatoms. The van der Waals surface area contributed by atoms with Crippen LogP contribution in [0.2, 0.25) is 5.02 Å². The molecule has 2 aromatic rings. The summed E-state index contributed by atoms with van der Waals surface area (Å²) in [5, 5.41) is 5.13. The van der Waals surface area contributed by atoms with E-state index >= 15 is 0 Å². The molecule has 0 radical (unpaired) electrons. The summed E-state index contributed by atoms with van der Waals surface area (Å²) in [4.78, 5) is 36.6. The summed E-state index contributed by atoms with van der Waals surface area (Å²) in [6.45, 7) is 2.83. The third-order valence-corrected chi connectivity index (χ3v) is 4.15. The van der Waals surface area contributed by atoms with Crippen molar-refractivity contribution in [2.45, 2.75) is 19.9 Å². The zero-order valence-electron chi connectivity index (χ0n) is 15.4. The summed E-state index contributed by atoms with van der Waals surface area (Å²) in [5.74, 6) is -2.91. The molecule has 0 aliphatic carbocycles. The summed E-state index contributed by atoms with van der Waals surface area (Å²) in [6.07, 6.45) is 0. The van der Waals surface area contributed by atoms with Gasteiger partial charge in [-0.25, -0.2) is 9.18 Å². The number of carbonyl (C=O) groups is 3. The minimum absolute atomic E-state index is 0.0176. The van der Waals surface area contributed by atoms with Gasteiger partial charge in [-0.1, -0.05) is 49.7 Å². The van der Waals surface area contributed by atoms with Gasteiger partial charge < -0.3 is 15.4 Å². The molecule has 0 spiro atoms. The molecular weight excluding hydrogens is 387 g/mol. The van der Waals surface area contributed by atoms with Crippen molar-refractivity contribution >= 4 is 35.1 Å². The van der Waals surface area contributed by atoms with Gasteiger partial charge in [0.25, 0.3) is 11.8 Å². The van der Waals surface area contributed by atoms with E-state index in [2.05, 4.69) is 10.6 Å². The first kappa shape index (κ1) is 21.4. The predicted molar refractivity (Wildman–Crippen MR) is 104 cm³/mol. The third-order valence-electron chi connectivity index (χ3n) is 3.82. The summed E-state index contributed by atoms with van der Waals surface area (Å²) < 4.78 is 18.5. The smallest absolute Gasteiger partial charge is 0.329 e. The Balaban J connectivity index is 1.95. The Morgan fingerprint density at radius 1 is 1.07 bits per heavy atom. The Morgan fingerprint density at radius 2 is 1.71 bits per heavy atom. The molecule has 0 aliphatic rings. The number of anilines is 1. The summed E-state index contributed by atoms with van der Waals surface area (Å²) in [7, 11) is 0. The highest BCUT2D eigenvalue weighted by Crippen LogP contribution is 2.16. The highest BCUT2D eigenvalue weighted by atomic mass is 35.5. The molecule has 0 heterocycles. The van der Waals surface area contributed by atoms with Gasteiger partial charge in [0, 0.05) is 0 Å². The maximum Gasteiger partial charge on any atom is 0.329 e. The van der Waals surface area contributed by atoms with Crippen molar-refractivity contribution in [2.75, 3.05) is 11.9 Å². The molecule has 2 amide bonds. The fourth-order valence-corrected chi connectivity index (χ4v) is 2.56. The monoisotopic (exact) mass is 406 g/mol. The van der Waals surface area contributed by atoms with E-state index in [1.54, 1.807) is 38.1 Å². The second-order valence-corrected chi connectivity index (χ2v) is 6.72. The van der Waals surface area contributed by atoms with Crippen LogP contribution in [0.15, 0.2) is 48.5 Å². The number of para-hydroxylation sites is 1. The highest BCUT2D eigenvalue weighted by Gasteiger charge is 2.27. The lowest BCUT2D eigenvalue weighted by atomic mass is 10.0. The number of hydrogen-bond donors (Lipinski definition) is 2. The van der Waals surface area contributed by atoms with E-state index in [-0.39, 0.29) is 22.2 Å². The van der Waals surface area contributed by atoms with Crippen molar-refractivity contribution in [1.29, 1.82) is 0 Å². The van der Waals surface area contributed by atoms with Gasteiger partial charge in [-0.05, 0) is 30.2 Å². The van der Waals surface area contributed by atoms with E-state index in [0.717, 1.165) is 0 Å². The van der Waals surface area contributed by atoms with Crippen LogP contribution in [0.5, 0.6) is 0 Å². The maximum atomic E-state index is 13.5. The molecule has 0 aromatic heterocycles. The van der Waals surface area contributed by atoms with E-state index in [1.807, 2.05) is 0 Å². The number of carbonyl (C=O) groups excluding carboxylic acids is 3. The standard InChI is InChI=1S/C20H20ClFN2O4/c1-12(2)18(24-19(26)13-7-3-4-8-14(13)21)20(27)28-11-17(25)23-16-10-6-5-9-15(16)22/h3-10,12,18H,11H2,1-2H3,(H,23,25)(H,24,26)/t18-/m0/s1. The predicted octanol–water partition coefficient (Wildman–Crippen LogP) is 3.42. The zero-order valence-corrected chi connectivity index (χ0v) is 16.1. The molecule has 6 nitrogen and oxygen atoms in total. The number of halogens is 2. The van der Waals surface area contributed by atoms with Crippen molar-refractivity contribution in [3.05, 3.63) is 64.9 Å². The quantitative estimate of drug-likeness (QED) is 0.690. The third kappa shape index (κ3) is 5.79. The van der Waals surface area contributed by atoms with Crippen molar-refractivity contribution < 1.29 is 23.5 Å². The molecule has 2 N–H and O–H groups in total. The van der Waals surface area contributed by atoms with Gasteiger partial charge >= 0.3 is 5.97 Å². The van der Waals surface area contributed by atoms with E-state index in [9.17, 15) is 18.8 Å². The highest BCUT2D eigenvalue weighted by molar-refractivity contribution is 6.33. The first-order chi connectivity index (χ1) is 13.3. The number of rotatable bonds is 7. The number of benzene rings is 2. The molecule has 0 bridgehead atoms. The van der Waals surface area contributed by atoms with Gasteiger partial charge in [-0.15, -0.1) is 0 Å². The van der Waals surface area contributed by atoms with Crippen LogP contribution in [0.25, 0.3) is 0 Å². The lowest BCUT2D eigenvalue weighted by Gasteiger charge is -2.21. The van der Waals surface area contributed by atoms with Crippen LogP contribution in [0.3, 0.4) is 0 Å². The molecule has 2 aromatic carbocycles. The minimum Gasteiger partial charge on any atom is -0.454 e. The van der Waals surface area contributed by atoms with Gasteiger partial charge in [0.05, 0.1) is 16.3 Å². The van der Waals surface area contributed by atoms with Crippen LogP contribution in [-0.4, -0.2) is 30.4 Å². The average molecular weight is 407 g/mol. The molecule has 0 saturated heterocycles. The van der Waals surface area contributed by atoms with Crippen LogP contribution in [-0.2, 0) is 14.3 Å². The lowest BCUT2D eigenvalue weighted by Crippen LogP contribution is -2.46. The largest absolute Gasteiger partial charge is 0.454 e. The first-order valence-corrected chi connectivity index (χ1v) is 8.93. The van der Waals surface area contributed by atoms with Gasteiger partial charge in [0.15, 0.2) is 6.61 Å². The zero-order chi connectivity index (χ0) is 20.7. The topological polar surface area (TPSA) is 84.5 Å². The molecule has 1 atom stereocenters. The van der Waals surface area contributed by atoms with Gasteiger partial charge in [0.2, 0.25) is 0 Å². The molecule has 0 unspecified atom stereocenters. The van der Waals surface area contributed by atoms with Crippen LogP contribution in [0.4, 0.5) is 10.1 Å². The Morgan fingerprint density at radius 3 is 2.36 bits per heavy atom. The summed E-state index contributed by atoms with van der Waals surface area (Å²) >= 11 is 5.99. The molecule has 0 fully saturated rings. The second-order valence-electron chi connectivity index (χ2n) is 6.31. The molecule has 28 heavy (non-hydrogen) atoms. The van der Waals surface area contributed by atoms with Crippen LogP contribution < -0.4 is 10.6 Å². The Labute approximate surface area is 167 Å². The minimum atomic E-state index is -0.981. The lowest BCUT2D eigenvalue weighted by molar-refractivity contribution is -0.150. The van der Waals surface area contributed by atoms with Crippen LogP contribution in [0.1, 0.15) is 24.2 Å². The Bertz CT molecular complexity index is 873. The summed E-state index contributed by atoms with van der Waals surface area (Å²) in [5.41, 5.74) is 0.205. The number of nitrogens with one attached hydrogen (secondary N) is 2.